The van der Waals surface area contributed by atoms with Crippen molar-refractivity contribution in [3.8, 4) is 11.4 Å². The predicted molar refractivity (Wildman–Crippen MR) is 88.8 cm³/mol. The monoisotopic (exact) mass is 355 g/mol. The van der Waals surface area contributed by atoms with Crippen molar-refractivity contribution >= 4 is 11.9 Å². The second-order valence-corrected chi connectivity index (χ2v) is 5.28. The van der Waals surface area contributed by atoms with E-state index in [-0.39, 0.29) is 17.4 Å². The molecule has 8 heteroatoms. The second kappa shape index (κ2) is 7.14. The molecule has 3 rings (SSSR count). The van der Waals surface area contributed by atoms with Crippen molar-refractivity contribution in [1.82, 2.24) is 14.8 Å². The molecule has 3 aromatic rings. The number of methoxy groups -OCH3 is 1. The van der Waals surface area contributed by atoms with Crippen LogP contribution >= 0.6 is 0 Å². The molecule has 1 aromatic heterocycles. The molecular formula is C18H14FN3O4. The summed E-state index contributed by atoms with van der Waals surface area (Å²) in [7, 11) is 1.28. The van der Waals surface area contributed by atoms with Crippen LogP contribution in [0.2, 0.25) is 0 Å². The van der Waals surface area contributed by atoms with Crippen molar-refractivity contribution in [3.63, 3.8) is 0 Å². The van der Waals surface area contributed by atoms with Gasteiger partial charge in [0.1, 0.15) is 17.4 Å². The molecule has 0 bridgehead atoms. The van der Waals surface area contributed by atoms with Crippen molar-refractivity contribution in [2.75, 3.05) is 7.11 Å². The SMILES string of the molecule is COC(=O)c1ccc(OC(=O)c2nc(C)n(-c3ccc(F)cc3)n2)cc1. The predicted octanol–water partition coefficient (Wildman–Crippen LogP) is 2.72. The largest absolute Gasteiger partial charge is 0.465 e. The fourth-order valence-electron chi connectivity index (χ4n) is 2.23. The summed E-state index contributed by atoms with van der Waals surface area (Å²) >= 11 is 0. The fraction of sp³-hybridized carbons (Fsp3) is 0.111. The number of carbonyl (C=O) groups is 2. The number of benzene rings is 2. The molecule has 0 fully saturated rings. The van der Waals surface area contributed by atoms with Crippen molar-refractivity contribution in [2.24, 2.45) is 0 Å². The van der Waals surface area contributed by atoms with Gasteiger partial charge in [-0.15, -0.1) is 5.10 Å². The number of hydrogen-bond donors (Lipinski definition) is 0. The fourth-order valence-corrected chi connectivity index (χ4v) is 2.23. The van der Waals surface area contributed by atoms with E-state index in [1.807, 2.05) is 0 Å². The number of aromatic nitrogens is 3. The first-order valence-corrected chi connectivity index (χ1v) is 7.58. The van der Waals surface area contributed by atoms with Gasteiger partial charge in [0.15, 0.2) is 0 Å². The molecule has 0 spiro atoms. The van der Waals surface area contributed by atoms with Crippen LogP contribution in [0.4, 0.5) is 4.39 Å². The minimum atomic E-state index is -0.750. The van der Waals surface area contributed by atoms with E-state index >= 15 is 0 Å². The Labute approximate surface area is 148 Å². The Morgan fingerprint density at radius 3 is 2.27 bits per heavy atom. The first-order valence-electron chi connectivity index (χ1n) is 7.58. The molecule has 7 nitrogen and oxygen atoms in total. The number of hydrogen-bond acceptors (Lipinski definition) is 6. The van der Waals surface area contributed by atoms with Crippen molar-refractivity contribution in [1.29, 1.82) is 0 Å². The molecule has 26 heavy (non-hydrogen) atoms. The molecular weight excluding hydrogens is 341 g/mol. The van der Waals surface area contributed by atoms with Gasteiger partial charge in [0.05, 0.1) is 18.4 Å². The maximum absolute atomic E-state index is 13.0. The number of halogens is 1. The van der Waals surface area contributed by atoms with E-state index in [9.17, 15) is 14.0 Å². The Balaban J connectivity index is 1.77. The van der Waals surface area contributed by atoms with Gasteiger partial charge in [-0.1, -0.05) is 0 Å². The third-order valence-corrected chi connectivity index (χ3v) is 3.51. The summed E-state index contributed by atoms with van der Waals surface area (Å²) in [6, 6.07) is 11.5. The van der Waals surface area contributed by atoms with Gasteiger partial charge in [-0.3, -0.25) is 0 Å². The summed E-state index contributed by atoms with van der Waals surface area (Å²) in [5.41, 5.74) is 0.903. The highest BCUT2D eigenvalue weighted by molar-refractivity contribution is 5.90. The Morgan fingerprint density at radius 1 is 1.00 bits per heavy atom. The van der Waals surface area contributed by atoms with Crippen LogP contribution in [0.15, 0.2) is 48.5 Å². The summed E-state index contributed by atoms with van der Waals surface area (Å²) in [6.45, 7) is 1.66. The normalized spacial score (nSPS) is 10.4. The number of nitrogens with zero attached hydrogens (tertiary/aromatic N) is 3. The summed E-state index contributed by atoms with van der Waals surface area (Å²) in [4.78, 5) is 27.7. The molecule has 0 aliphatic heterocycles. The summed E-state index contributed by atoms with van der Waals surface area (Å²) in [6.07, 6.45) is 0. The quantitative estimate of drug-likeness (QED) is 0.529. The van der Waals surface area contributed by atoms with E-state index in [1.54, 1.807) is 6.92 Å². The van der Waals surface area contributed by atoms with Gasteiger partial charge in [0.2, 0.25) is 0 Å². The van der Waals surface area contributed by atoms with Crippen LogP contribution in [0.25, 0.3) is 5.69 Å². The van der Waals surface area contributed by atoms with Gasteiger partial charge in [-0.05, 0) is 55.5 Å². The molecule has 0 unspecified atom stereocenters. The molecule has 0 aliphatic carbocycles. The van der Waals surface area contributed by atoms with Crippen molar-refractivity contribution < 1.29 is 23.5 Å². The van der Waals surface area contributed by atoms with E-state index in [0.717, 1.165) is 0 Å². The van der Waals surface area contributed by atoms with Crippen LogP contribution in [-0.2, 0) is 4.74 Å². The minimum Gasteiger partial charge on any atom is -0.465 e. The third kappa shape index (κ3) is 3.59. The molecule has 0 N–H and O–H groups in total. The van der Waals surface area contributed by atoms with Crippen LogP contribution in [-0.4, -0.2) is 33.8 Å². The lowest BCUT2D eigenvalue weighted by atomic mass is 10.2. The van der Waals surface area contributed by atoms with Gasteiger partial charge in [0.25, 0.3) is 5.82 Å². The maximum atomic E-state index is 13.0. The number of rotatable bonds is 4. The summed E-state index contributed by atoms with van der Waals surface area (Å²) in [5.74, 6) is -1.06. The van der Waals surface area contributed by atoms with E-state index in [0.29, 0.717) is 17.1 Å². The van der Waals surface area contributed by atoms with Crippen LogP contribution < -0.4 is 4.74 Å². The standard InChI is InChI=1S/C18H14FN3O4/c1-11-20-16(21-22(11)14-7-5-13(19)6-8-14)18(24)26-15-9-3-12(4-10-15)17(23)25-2/h3-10H,1-2H3. The third-order valence-electron chi connectivity index (χ3n) is 3.51. The summed E-state index contributed by atoms with van der Waals surface area (Å²) in [5, 5.41) is 4.10. The average molecular weight is 355 g/mol. The smallest absolute Gasteiger partial charge is 0.383 e. The molecule has 0 amide bonds. The van der Waals surface area contributed by atoms with Crippen LogP contribution in [0.3, 0.4) is 0 Å². The van der Waals surface area contributed by atoms with E-state index in [1.165, 1.54) is 60.3 Å². The Morgan fingerprint density at radius 2 is 1.65 bits per heavy atom. The van der Waals surface area contributed by atoms with E-state index < -0.39 is 11.9 Å². The Hall–Kier alpha value is -3.55. The highest BCUT2D eigenvalue weighted by atomic mass is 19.1. The lowest BCUT2D eigenvalue weighted by Crippen LogP contribution is -2.11. The lowest BCUT2D eigenvalue weighted by molar-refractivity contribution is 0.0600. The zero-order valence-corrected chi connectivity index (χ0v) is 14.0. The van der Waals surface area contributed by atoms with E-state index in [4.69, 9.17) is 4.74 Å². The first-order chi connectivity index (χ1) is 12.5. The van der Waals surface area contributed by atoms with Crippen LogP contribution in [0, 0.1) is 12.7 Å². The maximum Gasteiger partial charge on any atom is 0.383 e. The Bertz CT molecular complexity index is 950. The topological polar surface area (TPSA) is 83.3 Å². The van der Waals surface area contributed by atoms with Gasteiger partial charge >= 0.3 is 11.9 Å². The number of ether oxygens (including phenoxy) is 2. The molecule has 0 atom stereocenters. The van der Waals surface area contributed by atoms with Crippen molar-refractivity contribution in [2.45, 2.75) is 6.92 Å². The minimum absolute atomic E-state index is 0.135. The average Bonchev–Trinajstić information content (AvgIpc) is 3.04. The lowest BCUT2D eigenvalue weighted by Gasteiger charge is -2.03. The number of esters is 2. The molecule has 1 heterocycles. The van der Waals surface area contributed by atoms with Gasteiger partial charge in [0, 0.05) is 0 Å². The van der Waals surface area contributed by atoms with Crippen LogP contribution in [0.1, 0.15) is 26.8 Å². The first kappa shape index (κ1) is 17.3. The van der Waals surface area contributed by atoms with Gasteiger partial charge in [-0.25, -0.2) is 23.6 Å². The zero-order valence-electron chi connectivity index (χ0n) is 14.0. The van der Waals surface area contributed by atoms with Gasteiger partial charge < -0.3 is 9.47 Å². The molecule has 0 radical (unpaired) electrons. The highest BCUT2D eigenvalue weighted by Crippen LogP contribution is 2.15. The molecule has 2 aromatic carbocycles. The number of aryl methyl sites for hydroxylation is 1. The molecule has 0 saturated carbocycles. The van der Waals surface area contributed by atoms with E-state index in [2.05, 4.69) is 14.8 Å². The van der Waals surface area contributed by atoms with Gasteiger partial charge in [-0.2, -0.15) is 0 Å². The molecule has 0 aliphatic rings. The number of carbonyl (C=O) groups excluding carboxylic acids is 2. The zero-order chi connectivity index (χ0) is 18.7. The van der Waals surface area contributed by atoms with Crippen molar-refractivity contribution in [3.05, 3.63) is 71.6 Å². The Kier molecular flexibility index (Phi) is 4.74. The summed E-state index contributed by atoms with van der Waals surface area (Å²) < 4.78 is 24.2. The molecule has 132 valence electrons. The molecule has 0 saturated heterocycles. The second-order valence-electron chi connectivity index (χ2n) is 5.28. The van der Waals surface area contributed by atoms with Crippen LogP contribution in [0.5, 0.6) is 5.75 Å². The highest BCUT2D eigenvalue weighted by Gasteiger charge is 2.18.